The zero-order valence-corrected chi connectivity index (χ0v) is 21.2. The van der Waals surface area contributed by atoms with Gasteiger partial charge in [0.1, 0.15) is 5.02 Å². The fraction of sp³-hybridized carbons (Fsp3) is 0.522. The summed E-state index contributed by atoms with van der Waals surface area (Å²) in [5.41, 5.74) is 0.242. The number of amides is 1. The molecule has 2 fully saturated rings. The van der Waals surface area contributed by atoms with Crippen molar-refractivity contribution in [1.29, 1.82) is 0 Å². The highest BCUT2D eigenvalue weighted by atomic mass is 35.5. The molecule has 184 valence electrons. The average Bonchev–Trinajstić information content (AvgIpc) is 3.36. The van der Waals surface area contributed by atoms with Crippen LogP contribution in [0.3, 0.4) is 0 Å². The van der Waals surface area contributed by atoms with Gasteiger partial charge in [-0.1, -0.05) is 40.9 Å². The van der Waals surface area contributed by atoms with Crippen molar-refractivity contribution < 1.29 is 9.90 Å². The van der Waals surface area contributed by atoms with Gasteiger partial charge in [0.15, 0.2) is 5.82 Å². The quantitative estimate of drug-likeness (QED) is 0.434. The standard InChI is InChI=1S/C23H29Cl3N6O2/c1-14(16-5-4-15(24)11-17(16)25)29-20-18(26)12-28-22(30-20)32-9-6-23(13-33,7-10-32)31-21(34)19-3-2-8-27-19/h4-5,11-12,14,19,27,33H,2-3,6-10,13H2,1H3,(H,31,34)(H,28,29,30)/t14-,19-/m1/s1. The number of nitrogens with one attached hydrogen (secondary N) is 3. The molecular formula is C23H29Cl3N6O2. The number of hydrogen-bond acceptors (Lipinski definition) is 7. The fourth-order valence-corrected chi connectivity index (χ4v) is 5.18. The van der Waals surface area contributed by atoms with E-state index in [9.17, 15) is 9.90 Å². The second-order valence-corrected chi connectivity index (χ2v) is 10.2. The number of hydrogen-bond donors (Lipinski definition) is 4. The van der Waals surface area contributed by atoms with Crippen LogP contribution in [0.4, 0.5) is 11.8 Å². The lowest BCUT2D eigenvalue weighted by molar-refractivity contribution is -0.125. The molecule has 0 aliphatic carbocycles. The highest BCUT2D eigenvalue weighted by molar-refractivity contribution is 6.35. The van der Waals surface area contributed by atoms with Gasteiger partial charge >= 0.3 is 0 Å². The Kier molecular flexibility index (Phi) is 8.05. The molecule has 4 N–H and O–H groups in total. The smallest absolute Gasteiger partial charge is 0.237 e. The molecule has 0 spiro atoms. The third kappa shape index (κ3) is 5.69. The van der Waals surface area contributed by atoms with Crippen LogP contribution >= 0.6 is 34.8 Å². The van der Waals surface area contributed by atoms with Crippen LogP contribution in [0.2, 0.25) is 15.1 Å². The van der Waals surface area contributed by atoms with Gasteiger partial charge in [-0.2, -0.15) is 4.98 Å². The average molecular weight is 528 g/mol. The van der Waals surface area contributed by atoms with E-state index >= 15 is 0 Å². The van der Waals surface area contributed by atoms with E-state index in [1.165, 1.54) is 0 Å². The number of halogens is 3. The first kappa shape index (κ1) is 25.3. The first-order chi connectivity index (χ1) is 16.3. The van der Waals surface area contributed by atoms with Gasteiger partial charge in [0, 0.05) is 23.1 Å². The lowest BCUT2D eigenvalue weighted by Crippen LogP contribution is -2.60. The van der Waals surface area contributed by atoms with Crippen molar-refractivity contribution in [3.05, 3.63) is 45.0 Å². The topological polar surface area (TPSA) is 102 Å². The molecule has 2 atom stereocenters. The van der Waals surface area contributed by atoms with E-state index in [0.29, 0.717) is 52.8 Å². The van der Waals surface area contributed by atoms with E-state index in [1.807, 2.05) is 17.9 Å². The van der Waals surface area contributed by atoms with Crippen LogP contribution in [-0.4, -0.2) is 58.8 Å². The molecule has 3 heterocycles. The summed E-state index contributed by atoms with van der Waals surface area (Å²) in [6.45, 7) is 3.90. The molecule has 2 aliphatic heterocycles. The molecular weight excluding hydrogens is 499 g/mol. The molecule has 2 aromatic rings. The molecule has 1 aromatic carbocycles. The minimum atomic E-state index is -0.634. The highest BCUT2D eigenvalue weighted by Crippen LogP contribution is 2.32. The van der Waals surface area contributed by atoms with Crippen LogP contribution in [0.5, 0.6) is 0 Å². The van der Waals surface area contributed by atoms with E-state index < -0.39 is 5.54 Å². The summed E-state index contributed by atoms with van der Waals surface area (Å²) in [5, 5.41) is 21.2. The number of aromatic nitrogens is 2. The van der Waals surface area contributed by atoms with E-state index in [-0.39, 0.29) is 24.6 Å². The Morgan fingerprint density at radius 3 is 2.71 bits per heavy atom. The molecule has 4 rings (SSSR count). The molecule has 1 amide bonds. The van der Waals surface area contributed by atoms with Crippen LogP contribution in [0.25, 0.3) is 0 Å². The van der Waals surface area contributed by atoms with Gasteiger partial charge in [-0.05, 0) is 56.8 Å². The third-order valence-electron chi connectivity index (χ3n) is 6.58. The van der Waals surface area contributed by atoms with Crippen molar-refractivity contribution in [3.63, 3.8) is 0 Å². The Hall–Kier alpha value is -1.84. The van der Waals surface area contributed by atoms with Crippen LogP contribution in [0.15, 0.2) is 24.4 Å². The van der Waals surface area contributed by atoms with E-state index in [4.69, 9.17) is 34.8 Å². The number of piperidine rings is 1. The summed E-state index contributed by atoms with van der Waals surface area (Å²) in [6, 6.07) is 5.02. The Morgan fingerprint density at radius 1 is 1.29 bits per heavy atom. The number of carbonyl (C=O) groups excluding carboxylic acids is 1. The molecule has 0 radical (unpaired) electrons. The van der Waals surface area contributed by atoms with Crippen molar-refractivity contribution >= 4 is 52.5 Å². The van der Waals surface area contributed by atoms with Gasteiger partial charge in [0.25, 0.3) is 0 Å². The molecule has 8 nitrogen and oxygen atoms in total. The van der Waals surface area contributed by atoms with Gasteiger partial charge < -0.3 is 26.0 Å². The largest absolute Gasteiger partial charge is 0.394 e. The Morgan fingerprint density at radius 2 is 2.06 bits per heavy atom. The molecule has 11 heteroatoms. The lowest BCUT2D eigenvalue weighted by Gasteiger charge is -2.41. The zero-order valence-electron chi connectivity index (χ0n) is 19.0. The van der Waals surface area contributed by atoms with Gasteiger partial charge in [-0.25, -0.2) is 4.98 Å². The van der Waals surface area contributed by atoms with Crippen molar-refractivity contribution in [2.45, 2.75) is 50.2 Å². The maximum Gasteiger partial charge on any atom is 0.237 e. The van der Waals surface area contributed by atoms with Crippen LogP contribution in [0.1, 0.15) is 44.2 Å². The summed E-state index contributed by atoms with van der Waals surface area (Å²) >= 11 is 18.7. The summed E-state index contributed by atoms with van der Waals surface area (Å²) in [4.78, 5) is 23.7. The summed E-state index contributed by atoms with van der Waals surface area (Å²) < 4.78 is 0. The van der Waals surface area contributed by atoms with Crippen molar-refractivity contribution in [2.24, 2.45) is 0 Å². The maximum atomic E-state index is 12.6. The van der Waals surface area contributed by atoms with Gasteiger partial charge in [0.05, 0.1) is 30.4 Å². The highest BCUT2D eigenvalue weighted by Gasteiger charge is 2.38. The second kappa shape index (κ2) is 10.8. The van der Waals surface area contributed by atoms with Gasteiger partial charge in [-0.15, -0.1) is 0 Å². The molecule has 0 unspecified atom stereocenters. The second-order valence-electron chi connectivity index (χ2n) is 8.96. The van der Waals surface area contributed by atoms with Gasteiger partial charge in [-0.3, -0.25) is 4.79 Å². The van der Waals surface area contributed by atoms with Crippen molar-refractivity contribution in [1.82, 2.24) is 20.6 Å². The van der Waals surface area contributed by atoms with Crippen LogP contribution < -0.4 is 20.9 Å². The van der Waals surface area contributed by atoms with Gasteiger partial charge in [0.2, 0.25) is 11.9 Å². The molecule has 0 saturated carbocycles. The lowest BCUT2D eigenvalue weighted by atomic mass is 9.88. The van der Waals surface area contributed by atoms with Crippen LogP contribution in [0, 0.1) is 0 Å². The Labute approximate surface area is 214 Å². The SMILES string of the molecule is C[C@@H](Nc1nc(N2CCC(CO)(NC(=O)[C@H]3CCCN3)CC2)ncc1Cl)c1ccc(Cl)cc1Cl. The molecule has 2 aliphatic rings. The van der Waals surface area contributed by atoms with E-state index in [2.05, 4.69) is 25.9 Å². The van der Waals surface area contributed by atoms with Crippen molar-refractivity contribution in [2.75, 3.05) is 36.5 Å². The molecule has 34 heavy (non-hydrogen) atoms. The number of aliphatic hydroxyl groups is 1. The maximum absolute atomic E-state index is 12.6. The summed E-state index contributed by atoms with van der Waals surface area (Å²) in [5.74, 6) is 1.01. The molecule has 0 bridgehead atoms. The Bertz CT molecular complexity index is 1030. The monoisotopic (exact) mass is 526 g/mol. The third-order valence-corrected chi connectivity index (χ3v) is 7.42. The molecule has 1 aromatic heterocycles. The van der Waals surface area contributed by atoms with Crippen LogP contribution in [-0.2, 0) is 4.79 Å². The summed E-state index contributed by atoms with van der Waals surface area (Å²) in [7, 11) is 0. The van der Waals surface area contributed by atoms with E-state index in [0.717, 1.165) is 24.9 Å². The number of rotatable bonds is 7. The number of carbonyl (C=O) groups is 1. The van der Waals surface area contributed by atoms with E-state index in [1.54, 1.807) is 18.3 Å². The first-order valence-electron chi connectivity index (χ1n) is 11.5. The predicted octanol–water partition coefficient (Wildman–Crippen LogP) is 3.81. The normalized spacial score (nSPS) is 20.7. The minimum absolute atomic E-state index is 0.0379. The first-order valence-corrected chi connectivity index (χ1v) is 12.6. The fourth-order valence-electron chi connectivity index (χ4n) is 4.46. The molecule has 2 saturated heterocycles. The zero-order chi connectivity index (χ0) is 24.3. The predicted molar refractivity (Wildman–Crippen MR) is 136 cm³/mol. The number of aliphatic hydroxyl groups excluding tert-OH is 1. The number of anilines is 2. The number of benzene rings is 1. The minimum Gasteiger partial charge on any atom is -0.394 e. The Balaban J connectivity index is 1.42. The number of nitrogens with zero attached hydrogens (tertiary/aromatic N) is 3. The van der Waals surface area contributed by atoms with Crippen molar-refractivity contribution in [3.8, 4) is 0 Å². The summed E-state index contributed by atoms with van der Waals surface area (Å²) in [6.07, 6.45) is 4.57.